The van der Waals surface area contributed by atoms with Gasteiger partial charge in [-0.3, -0.25) is 4.79 Å². The fourth-order valence-corrected chi connectivity index (χ4v) is 1.61. The number of carbonyl (C=O) groups is 1. The molecule has 0 radical (unpaired) electrons. The van der Waals surface area contributed by atoms with Crippen molar-refractivity contribution in [2.75, 3.05) is 0 Å². The molecule has 0 unspecified atom stereocenters. The van der Waals surface area contributed by atoms with E-state index in [4.69, 9.17) is 0 Å². The van der Waals surface area contributed by atoms with E-state index in [-0.39, 0.29) is 5.78 Å². The molecule has 0 saturated heterocycles. The Morgan fingerprint density at radius 2 is 1.88 bits per heavy atom. The first-order valence-corrected chi connectivity index (χ1v) is 6.00. The van der Waals surface area contributed by atoms with Crippen molar-refractivity contribution in [3.05, 3.63) is 41.5 Å². The summed E-state index contributed by atoms with van der Waals surface area (Å²) in [6, 6.07) is 9.99. The number of hydrogen-bond donors (Lipinski definition) is 0. The second kappa shape index (κ2) is 7.00. The highest BCUT2D eigenvalue weighted by atomic mass is 16.1. The molecule has 16 heavy (non-hydrogen) atoms. The minimum atomic E-state index is 0.275. The maximum Gasteiger partial charge on any atom is 0.158 e. The van der Waals surface area contributed by atoms with E-state index in [1.165, 1.54) is 0 Å². The first-order valence-electron chi connectivity index (χ1n) is 6.00. The first-order chi connectivity index (χ1) is 7.74. The van der Waals surface area contributed by atoms with Crippen molar-refractivity contribution in [1.29, 1.82) is 0 Å². The van der Waals surface area contributed by atoms with Crippen LogP contribution in [0.5, 0.6) is 0 Å². The molecule has 1 nitrogen and oxygen atoms in total. The number of unbranched alkanes of at least 4 members (excludes halogenated alkanes) is 2. The van der Waals surface area contributed by atoms with E-state index < -0.39 is 0 Å². The van der Waals surface area contributed by atoms with Crippen LogP contribution in [0.4, 0.5) is 0 Å². The molecule has 0 aliphatic rings. The molecule has 1 aromatic rings. The average molecular weight is 216 g/mol. The average Bonchev–Trinajstić information content (AvgIpc) is 2.30. The van der Waals surface area contributed by atoms with Gasteiger partial charge in [-0.05, 0) is 30.6 Å². The van der Waals surface area contributed by atoms with Crippen molar-refractivity contribution in [1.82, 2.24) is 0 Å². The van der Waals surface area contributed by atoms with E-state index >= 15 is 0 Å². The Balaban J connectivity index is 2.53. The van der Waals surface area contributed by atoms with E-state index in [1.54, 1.807) is 0 Å². The van der Waals surface area contributed by atoms with Gasteiger partial charge in [0.05, 0.1) is 0 Å². The van der Waals surface area contributed by atoms with Crippen LogP contribution in [0.2, 0.25) is 0 Å². The summed E-state index contributed by atoms with van der Waals surface area (Å²) in [5.74, 6) is 0.275. The van der Waals surface area contributed by atoms with Crippen LogP contribution in [-0.4, -0.2) is 5.78 Å². The molecule has 0 bridgehead atoms. The molecule has 1 rings (SSSR count). The van der Waals surface area contributed by atoms with E-state index in [1.807, 2.05) is 43.3 Å². The number of ketones is 1. The lowest BCUT2D eigenvalue weighted by Crippen LogP contribution is -1.98. The summed E-state index contributed by atoms with van der Waals surface area (Å²) >= 11 is 0. The normalized spacial score (nSPS) is 11.5. The Kier molecular flexibility index (Phi) is 5.55. The van der Waals surface area contributed by atoms with Crippen molar-refractivity contribution >= 4 is 11.9 Å². The minimum Gasteiger partial charge on any atom is -0.295 e. The smallest absolute Gasteiger partial charge is 0.158 e. The zero-order chi connectivity index (χ0) is 11.8. The maximum absolute atomic E-state index is 11.8. The van der Waals surface area contributed by atoms with Gasteiger partial charge in [0, 0.05) is 6.42 Å². The van der Waals surface area contributed by atoms with Gasteiger partial charge in [0.2, 0.25) is 0 Å². The zero-order valence-corrected chi connectivity index (χ0v) is 10.2. The second-order valence-electron chi connectivity index (χ2n) is 4.12. The number of hydrogen-bond acceptors (Lipinski definition) is 1. The van der Waals surface area contributed by atoms with Crippen molar-refractivity contribution in [2.24, 2.45) is 0 Å². The zero-order valence-electron chi connectivity index (χ0n) is 10.2. The molecule has 0 N–H and O–H groups in total. The third kappa shape index (κ3) is 4.43. The van der Waals surface area contributed by atoms with Gasteiger partial charge < -0.3 is 0 Å². The Morgan fingerprint density at radius 3 is 2.50 bits per heavy atom. The Morgan fingerprint density at radius 1 is 1.19 bits per heavy atom. The number of allylic oxidation sites excluding steroid dienone is 1. The summed E-state index contributed by atoms with van der Waals surface area (Å²) in [7, 11) is 0. The molecular weight excluding hydrogens is 196 g/mol. The van der Waals surface area contributed by atoms with Gasteiger partial charge in [0.15, 0.2) is 5.78 Å². The highest BCUT2D eigenvalue weighted by molar-refractivity contribution is 5.98. The van der Waals surface area contributed by atoms with Gasteiger partial charge in [0.1, 0.15) is 0 Å². The summed E-state index contributed by atoms with van der Waals surface area (Å²) in [4.78, 5) is 11.8. The molecule has 1 heteroatoms. The van der Waals surface area contributed by atoms with Crippen molar-refractivity contribution in [2.45, 2.75) is 39.5 Å². The molecule has 0 saturated carbocycles. The van der Waals surface area contributed by atoms with Gasteiger partial charge in [-0.25, -0.2) is 0 Å². The van der Waals surface area contributed by atoms with Crippen LogP contribution in [-0.2, 0) is 4.79 Å². The van der Waals surface area contributed by atoms with Gasteiger partial charge in [-0.2, -0.15) is 0 Å². The highest BCUT2D eigenvalue weighted by Crippen LogP contribution is 2.10. The van der Waals surface area contributed by atoms with E-state index in [2.05, 4.69) is 6.92 Å². The molecule has 0 amide bonds. The van der Waals surface area contributed by atoms with Crippen LogP contribution >= 0.6 is 0 Å². The van der Waals surface area contributed by atoms with Crippen molar-refractivity contribution in [3.63, 3.8) is 0 Å². The summed E-state index contributed by atoms with van der Waals surface area (Å²) in [5.41, 5.74) is 1.96. The van der Waals surface area contributed by atoms with Crippen LogP contribution in [0.25, 0.3) is 6.08 Å². The summed E-state index contributed by atoms with van der Waals surface area (Å²) in [6.07, 6.45) is 5.96. The lowest BCUT2D eigenvalue weighted by atomic mass is 10.0. The van der Waals surface area contributed by atoms with E-state index in [9.17, 15) is 4.79 Å². The number of Topliss-reactive ketones (excluding diaryl/α,β-unsaturated/α-hetero) is 1. The number of rotatable bonds is 6. The summed E-state index contributed by atoms with van der Waals surface area (Å²) < 4.78 is 0. The Bertz CT molecular complexity index is 349. The Hall–Kier alpha value is -1.37. The lowest BCUT2D eigenvalue weighted by molar-refractivity contribution is -0.115. The number of benzene rings is 1. The first kappa shape index (κ1) is 12.7. The lowest BCUT2D eigenvalue weighted by Gasteiger charge is -2.01. The fourth-order valence-electron chi connectivity index (χ4n) is 1.61. The molecular formula is C15H20O. The minimum absolute atomic E-state index is 0.275. The predicted molar refractivity (Wildman–Crippen MR) is 69.2 cm³/mol. The number of carbonyl (C=O) groups excluding carboxylic acids is 1. The molecule has 86 valence electrons. The standard InChI is InChI=1S/C15H20O/c1-3-4-6-11-15(16)13(2)12-14-9-7-5-8-10-14/h5,7-10,12H,3-4,6,11H2,1-2H3. The summed E-state index contributed by atoms with van der Waals surface area (Å²) in [6.45, 7) is 4.05. The monoisotopic (exact) mass is 216 g/mol. The maximum atomic E-state index is 11.8. The fraction of sp³-hybridized carbons (Fsp3) is 0.400. The molecule has 0 fully saturated rings. The van der Waals surface area contributed by atoms with Gasteiger partial charge in [-0.1, -0.05) is 50.1 Å². The van der Waals surface area contributed by atoms with Crippen molar-refractivity contribution in [3.8, 4) is 0 Å². The van der Waals surface area contributed by atoms with Crippen LogP contribution in [0, 0.1) is 0 Å². The van der Waals surface area contributed by atoms with E-state index in [0.29, 0.717) is 6.42 Å². The molecule has 1 aromatic carbocycles. The van der Waals surface area contributed by atoms with Gasteiger partial charge >= 0.3 is 0 Å². The SMILES string of the molecule is CCCCCC(=O)C(C)=Cc1ccccc1. The molecule has 0 spiro atoms. The molecule has 0 aliphatic heterocycles. The topological polar surface area (TPSA) is 17.1 Å². The van der Waals surface area contributed by atoms with Gasteiger partial charge in [-0.15, -0.1) is 0 Å². The van der Waals surface area contributed by atoms with E-state index in [0.717, 1.165) is 30.4 Å². The van der Waals surface area contributed by atoms with Crippen LogP contribution in [0.15, 0.2) is 35.9 Å². The molecule has 0 aromatic heterocycles. The summed E-state index contributed by atoms with van der Waals surface area (Å²) in [5, 5.41) is 0. The molecule has 0 aliphatic carbocycles. The van der Waals surface area contributed by atoms with Crippen LogP contribution < -0.4 is 0 Å². The third-order valence-electron chi connectivity index (χ3n) is 2.63. The van der Waals surface area contributed by atoms with Gasteiger partial charge in [0.25, 0.3) is 0 Å². The highest BCUT2D eigenvalue weighted by Gasteiger charge is 2.03. The molecule has 0 atom stereocenters. The molecule has 0 heterocycles. The third-order valence-corrected chi connectivity index (χ3v) is 2.63. The quantitative estimate of drug-likeness (QED) is 0.513. The van der Waals surface area contributed by atoms with Crippen LogP contribution in [0.3, 0.4) is 0 Å². The van der Waals surface area contributed by atoms with Crippen molar-refractivity contribution < 1.29 is 4.79 Å². The predicted octanol–water partition coefficient (Wildman–Crippen LogP) is 4.24. The Labute approximate surface area is 98.2 Å². The van der Waals surface area contributed by atoms with Crippen LogP contribution in [0.1, 0.15) is 45.1 Å². The second-order valence-corrected chi connectivity index (χ2v) is 4.12. The largest absolute Gasteiger partial charge is 0.295 e.